The molecule has 2 rings (SSSR count). The number of rotatable bonds is 5. The number of hydrogen-bond donors (Lipinski definition) is 0. The summed E-state index contributed by atoms with van der Waals surface area (Å²) in [6, 6.07) is 9.47. The molecule has 0 saturated heterocycles. The van der Waals surface area contributed by atoms with Crippen molar-refractivity contribution in [1.29, 1.82) is 0 Å². The molecule has 1 aromatic heterocycles. The second-order valence-electron chi connectivity index (χ2n) is 4.74. The summed E-state index contributed by atoms with van der Waals surface area (Å²) in [5.74, 6) is 0.349. The van der Waals surface area contributed by atoms with Crippen molar-refractivity contribution in [2.45, 2.75) is 11.8 Å². The number of ketones is 1. The molecule has 0 aliphatic rings. The number of aromatic nitrogens is 4. The van der Waals surface area contributed by atoms with Crippen LogP contribution in [0.1, 0.15) is 12.7 Å². The number of hydrogen-bond acceptors (Lipinski definition) is 5. The number of benzene rings is 1. The molecule has 6 nitrogen and oxygen atoms in total. The van der Waals surface area contributed by atoms with Crippen molar-refractivity contribution in [3.05, 3.63) is 42.4 Å². The van der Waals surface area contributed by atoms with Crippen LogP contribution in [-0.4, -0.2) is 49.8 Å². The van der Waals surface area contributed by atoms with Gasteiger partial charge in [0.15, 0.2) is 11.6 Å². The average molecular weight is 350 g/mol. The van der Waals surface area contributed by atoms with Crippen molar-refractivity contribution in [1.82, 2.24) is 25.1 Å². The lowest BCUT2D eigenvalue weighted by Crippen LogP contribution is -2.18. The molecule has 110 valence electrons. The van der Waals surface area contributed by atoms with Gasteiger partial charge >= 0.3 is 0 Å². The highest BCUT2D eigenvalue weighted by Gasteiger charge is 2.23. The van der Waals surface area contributed by atoms with Crippen LogP contribution in [0.15, 0.2) is 36.5 Å². The minimum absolute atomic E-state index is 0.0734. The zero-order chi connectivity index (χ0) is 15.4. The van der Waals surface area contributed by atoms with E-state index in [1.54, 1.807) is 22.7 Å². The van der Waals surface area contributed by atoms with Crippen LogP contribution < -0.4 is 0 Å². The Hall–Kier alpha value is -2.02. The number of alkyl halides is 1. The van der Waals surface area contributed by atoms with Crippen LogP contribution in [0.2, 0.25) is 0 Å². The first-order chi connectivity index (χ1) is 10.0. The van der Waals surface area contributed by atoms with Crippen LogP contribution in [0.3, 0.4) is 0 Å². The van der Waals surface area contributed by atoms with Crippen LogP contribution in [0.25, 0.3) is 11.3 Å². The predicted molar refractivity (Wildman–Crippen MR) is 84.2 cm³/mol. The van der Waals surface area contributed by atoms with E-state index in [1.165, 1.54) is 0 Å². The van der Waals surface area contributed by atoms with Gasteiger partial charge in [0.05, 0.1) is 16.1 Å². The molecule has 0 spiro atoms. The van der Waals surface area contributed by atoms with E-state index in [1.807, 2.05) is 44.4 Å². The largest absolute Gasteiger partial charge is 0.383 e. The maximum atomic E-state index is 12.4. The van der Waals surface area contributed by atoms with E-state index in [9.17, 15) is 4.79 Å². The molecular formula is C14H16BrN5O. The van der Waals surface area contributed by atoms with Crippen LogP contribution in [-0.2, 0) is 4.79 Å². The van der Waals surface area contributed by atoms with E-state index in [2.05, 4.69) is 31.5 Å². The fraction of sp³-hybridized carbons (Fsp3) is 0.286. The van der Waals surface area contributed by atoms with Crippen LogP contribution in [0.5, 0.6) is 0 Å². The summed E-state index contributed by atoms with van der Waals surface area (Å²) in [5.41, 5.74) is 1.26. The zero-order valence-electron chi connectivity index (χ0n) is 12.1. The van der Waals surface area contributed by atoms with Gasteiger partial charge in [0, 0.05) is 20.3 Å². The Morgan fingerprint density at radius 3 is 2.57 bits per heavy atom. The molecular weight excluding hydrogens is 334 g/mol. The summed E-state index contributed by atoms with van der Waals surface area (Å²) in [5, 5.41) is 11.7. The summed E-state index contributed by atoms with van der Waals surface area (Å²) in [4.78, 5) is 13.9. The Labute approximate surface area is 131 Å². The van der Waals surface area contributed by atoms with Crippen molar-refractivity contribution in [3.8, 4) is 5.69 Å². The van der Waals surface area contributed by atoms with E-state index in [0.717, 1.165) is 5.69 Å². The predicted octanol–water partition coefficient (Wildman–Crippen LogP) is 1.92. The number of Topliss-reactive ketones (excluding diaryl/α,β-unsaturated/α-hetero) is 1. The lowest BCUT2D eigenvalue weighted by molar-refractivity contribution is -0.113. The van der Waals surface area contributed by atoms with Crippen molar-refractivity contribution in [2.75, 3.05) is 14.1 Å². The summed E-state index contributed by atoms with van der Waals surface area (Å²) in [7, 11) is 3.70. The van der Waals surface area contributed by atoms with E-state index >= 15 is 0 Å². The number of halogens is 1. The highest BCUT2D eigenvalue weighted by atomic mass is 79.9. The first kappa shape index (κ1) is 15.4. The van der Waals surface area contributed by atoms with Crippen molar-refractivity contribution < 1.29 is 4.79 Å². The van der Waals surface area contributed by atoms with Crippen molar-refractivity contribution in [3.63, 3.8) is 0 Å². The van der Waals surface area contributed by atoms with Crippen molar-refractivity contribution >= 4 is 27.3 Å². The van der Waals surface area contributed by atoms with Gasteiger partial charge in [-0.25, -0.2) is 0 Å². The fourth-order valence-corrected chi connectivity index (χ4v) is 2.05. The van der Waals surface area contributed by atoms with Crippen LogP contribution >= 0.6 is 15.9 Å². The highest BCUT2D eigenvalue weighted by Crippen LogP contribution is 2.20. The van der Waals surface area contributed by atoms with Crippen LogP contribution in [0, 0.1) is 0 Å². The number of allylic oxidation sites excluding steroid dienone is 1. The van der Waals surface area contributed by atoms with Gasteiger partial charge in [0.1, 0.15) is 0 Å². The Kier molecular flexibility index (Phi) is 4.85. The third-order valence-electron chi connectivity index (χ3n) is 2.73. The Morgan fingerprint density at radius 1 is 1.33 bits per heavy atom. The van der Waals surface area contributed by atoms with Gasteiger partial charge in [0.2, 0.25) is 0 Å². The molecule has 2 aromatic rings. The fourth-order valence-electron chi connectivity index (χ4n) is 1.80. The van der Waals surface area contributed by atoms with Crippen LogP contribution in [0.4, 0.5) is 0 Å². The molecule has 0 radical (unpaired) electrons. The number of carbonyl (C=O) groups excluding carboxylic acids is 1. The topological polar surface area (TPSA) is 63.9 Å². The molecule has 1 aromatic carbocycles. The van der Waals surface area contributed by atoms with Gasteiger partial charge in [-0.3, -0.25) is 4.79 Å². The smallest absolute Gasteiger partial charge is 0.192 e. The van der Waals surface area contributed by atoms with Gasteiger partial charge in [-0.05, 0) is 29.5 Å². The molecule has 0 bridgehead atoms. The third-order valence-corrected chi connectivity index (χ3v) is 3.14. The summed E-state index contributed by atoms with van der Waals surface area (Å²) < 4.78 is 1.56. The number of carbonyl (C=O) groups is 1. The molecule has 0 N–H and O–H groups in total. The first-order valence-electron chi connectivity index (χ1n) is 6.41. The summed E-state index contributed by atoms with van der Waals surface area (Å²) in [6.45, 7) is 1.78. The van der Waals surface area contributed by atoms with Gasteiger partial charge in [-0.15, -0.1) is 5.10 Å². The molecule has 0 fully saturated rings. The minimum atomic E-state index is -0.315. The quantitative estimate of drug-likeness (QED) is 0.609. The molecule has 0 aliphatic carbocycles. The molecule has 1 unspecified atom stereocenters. The average Bonchev–Trinajstić information content (AvgIpc) is 2.93. The first-order valence-corrected chi connectivity index (χ1v) is 7.33. The van der Waals surface area contributed by atoms with E-state index in [0.29, 0.717) is 11.4 Å². The molecule has 0 aliphatic heterocycles. The third kappa shape index (κ3) is 3.55. The Balaban J connectivity index is 2.53. The molecule has 1 atom stereocenters. The number of tetrazole rings is 1. The Bertz CT molecular complexity index is 648. The molecule has 1 heterocycles. The number of nitrogens with zero attached hydrogens (tertiary/aromatic N) is 5. The SMILES string of the molecule is CC(Br)C(=O)C(=CN(C)C)c1nnnn1-c1ccccc1. The lowest BCUT2D eigenvalue weighted by atomic mass is 10.1. The standard InChI is InChI=1S/C14H16BrN5O/c1-10(15)13(21)12(9-19(2)3)14-16-17-18-20(14)11-7-5-4-6-8-11/h4-10H,1-3H3. The van der Waals surface area contributed by atoms with Gasteiger partial charge in [-0.1, -0.05) is 34.1 Å². The Morgan fingerprint density at radius 2 is 2.00 bits per heavy atom. The van der Waals surface area contributed by atoms with Gasteiger partial charge < -0.3 is 4.90 Å². The summed E-state index contributed by atoms with van der Waals surface area (Å²) >= 11 is 3.31. The van der Waals surface area contributed by atoms with E-state index in [4.69, 9.17) is 0 Å². The zero-order valence-corrected chi connectivity index (χ0v) is 13.6. The van der Waals surface area contributed by atoms with Gasteiger partial charge in [0.25, 0.3) is 0 Å². The minimum Gasteiger partial charge on any atom is -0.383 e. The molecule has 7 heteroatoms. The maximum Gasteiger partial charge on any atom is 0.192 e. The second kappa shape index (κ2) is 6.62. The molecule has 0 amide bonds. The second-order valence-corrected chi connectivity index (χ2v) is 6.11. The molecule has 21 heavy (non-hydrogen) atoms. The van der Waals surface area contributed by atoms with E-state index < -0.39 is 0 Å². The van der Waals surface area contributed by atoms with E-state index in [-0.39, 0.29) is 10.6 Å². The maximum absolute atomic E-state index is 12.4. The monoisotopic (exact) mass is 349 g/mol. The normalized spacial score (nSPS) is 13.0. The van der Waals surface area contributed by atoms with Gasteiger partial charge in [-0.2, -0.15) is 4.68 Å². The lowest BCUT2D eigenvalue weighted by Gasteiger charge is -2.12. The highest BCUT2D eigenvalue weighted by molar-refractivity contribution is 9.10. The molecule has 0 saturated carbocycles. The summed E-state index contributed by atoms with van der Waals surface area (Å²) in [6.07, 6.45) is 1.73. The number of para-hydroxylation sites is 1. The van der Waals surface area contributed by atoms with Crippen molar-refractivity contribution in [2.24, 2.45) is 0 Å².